The third kappa shape index (κ3) is 1.71. The molecule has 1 N–H and O–H groups in total. The molecule has 1 aromatic rings. The van der Waals surface area contributed by atoms with Crippen molar-refractivity contribution in [3.05, 3.63) is 35.4 Å². The summed E-state index contributed by atoms with van der Waals surface area (Å²) in [5, 5.41) is 8.58. The Labute approximate surface area is 76.1 Å². The quantitative estimate of drug-likeness (QED) is 0.698. The molecule has 1 aromatic carbocycles. The van der Waals surface area contributed by atoms with Gasteiger partial charge < -0.3 is 9.99 Å². The lowest BCUT2D eigenvalue weighted by Crippen LogP contribution is -1.82. The highest BCUT2D eigenvalue weighted by molar-refractivity contribution is 5.54. The minimum absolute atomic E-state index is 0.0500. The summed E-state index contributed by atoms with van der Waals surface area (Å²) < 4.78 is 0. The number of hydrogen-bond acceptors (Lipinski definition) is 3. The van der Waals surface area contributed by atoms with Crippen molar-refractivity contribution in [2.45, 2.75) is 6.61 Å². The van der Waals surface area contributed by atoms with Crippen molar-refractivity contribution in [3.8, 4) is 5.75 Å². The third-order valence-electron chi connectivity index (χ3n) is 1.87. The molecule has 1 heterocycles. The first-order valence-electron chi connectivity index (χ1n) is 4.10. The van der Waals surface area contributed by atoms with Crippen molar-refractivity contribution in [2.75, 3.05) is 6.61 Å². The van der Waals surface area contributed by atoms with Gasteiger partial charge in [-0.25, -0.2) is 0 Å². The number of rotatable bonds is 2. The predicted octanol–water partition coefficient (Wildman–Crippen LogP) is 1.52. The number of fused-ring (bicyclic) bond motifs is 1. The largest absolute Gasteiger partial charge is 0.392 e. The third-order valence-corrected chi connectivity index (χ3v) is 1.87. The van der Waals surface area contributed by atoms with Gasteiger partial charge >= 0.3 is 0 Å². The van der Waals surface area contributed by atoms with Crippen molar-refractivity contribution in [3.63, 3.8) is 0 Å². The number of aliphatic hydroxyl groups is 1. The number of hydrogen-bond donors (Lipinski definition) is 1. The Morgan fingerprint density at radius 1 is 1.46 bits per heavy atom. The van der Waals surface area contributed by atoms with Gasteiger partial charge in [-0.15, -0.1) is 0 Å². The topological polar surface area (TPSA) is 38.7 Å². The van der Waals surface area contributed by atoms with Gasteiger partial charge in [0.1, 0.15) is 6.61 Å². The highest BCUT2D eigenvalue weighted by Crippen LogP contribution is 2.27. The minimum Gasteiger partial charge on any atom is -0.392 e. The summed E-state index contributed by atoms with van der Waals surface area (Å²) in [4.78, 5) is 9.72. The molecule has 3 heteroatoms. The molecule has 0 saturated heterocycles. The molecule has 0 unspecified atom stereocenters. The molecule has 1 aliphatic rings. The summed E-state index contributed by atoms with van der Waals surface area (Å²) >= 11 is 0. The lowest BCUT2D eigenvalue weighted by atomic mass is 10.1. The van der Waals surface area contributed by atoms with Crippen LogP contribution in [0.5, 0.6) is 5.75 Å². The summed E-state index contributed by atoms with van der Waals surface area (Å²) in [6, 6.07) is 5.80. The maximum atomic E-state index is 8.58. The standard InChI is InChI=1S/C10H10O3/c11-5-1-2-8-3-4-9-7-12-13-10(9)6-8/h1-4,6,11H,5,7H2/b2-1+. The van der Waals surface area contributed by atoms with Gasteiger partial charge in [0.2, 0.25) is 0 Å². The zero-order valence-corrected chi connectivity index (χ0v) is 7.06. The van der Waals surface area contributed by atoms with Gasteiger partial charge in [0.25, 0.3) is 0 Å². The second-order valence-corrected chi connectivity index (χ2v) is 2.80. The smallest absolute Gasteiger partial charge is 0.171 e. The van der Waals surface area contributed by atoms with Crippen LogP contribution in [-0.2, 0) is 11.5 Å². The molecule has 0 aliphatic carbocycles. The van der Waals surface area contributed by atoms with E-state index in [0.717, 1.165) is 16.9 Å². The molecule has 3 nitrogen and oxygen atoms in total. The maximum Gasteiger partial charge on any atom is 0.171 e. The van der Waals surface area contributed by atoms with E-state index in [1.54, 1.807) is 6.08 Å². The molecule has 0 spiro atoms. The van der Waals surface area contributed by atoms with Gasteiger partial charge in [0.15, 0.2) is 5.75 Å². The summed E-state index contributed by atoms with van der Waals surface area (Å²) in [6.45, 7) is 0.563. The lowest BCUT2D eigenvalue weighted by Gasteiger charge is -1.96. The van der Waals surface area contributed by atoms with Crippen LogP contribution < -0.4 is 4.89 Å². The summed E-state index contributed by atoms with van der Waals surface area (Å²) in [6.07, 6.45) is 3.51. The summed E-state index contributed by atoms with van der Waals surface area (Å²) in [5.41, 5.74) is 2.06. The Hall–Kier alpha value is -1.32. The molecule has 0 atom stereocenters. The Balaban J connectivity index is 2.25. The zero-order chi connectivity index (χ0) is 9.10. The Kier molecular flexibility index (Phi) is 2.29. The molecule has 68 valence electrons. The highest BCUT2D eigenvalue weighted by atomic mass is 17.2. The van der Waals surface area contributed by atoms with Crippen molar-refractivity contribution in [2.24, 2.45) is 0 Å². The van der Waals surface area contributed by atoms with Crippen LogP contribution in [0.25, 0.3) is 6.08 Å². The molecule has 13 heavy (non-hydrogen) atoms. The van der Waals surface area contributed by atoms with Crippen LogP contribution in [-0.4, -0.2) is 11.7 Å². The minimum atomic E-state index is 0.0500. The van der Waals surface area contributed by atoms with E-state index in [2.05, 4.69) is 0 Å². The van der Waals surface area contributed by atoms with Crippen LogP contribution in [0, 0.1) is 0 Å². The zero-order valence-electron chi connectivity index (χ0n) is 7.06. The Morgan fingerprint density at radius 2 is 2.38 bits per heavy atom. The van der Waals surface area contributed by atoms with Gasteiger partial charge in [0, 0.05) is 5.56 Å². The number of aliphatic hydroxyl groups excluding tert-OH is 1. The molecule has 0 radical (unpaired) electrons. The molecule has 0 aromatic heterocycles. The van der Waals surface area contributed by atoms with Crippen molar-refractivity contribution < 1.29 is 14.9 Å². The second kappa shape index (κ2) is 3.60. The van der Waals surface area contributed by atoms with Gasteiger partial charge in [-0.2, -0.15) is 4.89 Å². The molecule has 2 rings (SSSR count). The van der Waals surface area contributed by atoms with Gasteiger partial charge in [0.05, 0.1) is 6.61 Å². The average Bonchev–Trinajstić information content (AvgIpc) is 2.61. The van der Waals surface area contributed by atoms with E-state index in [-0.39, 0.29) is 6.61 Å². The van der Waals surface area contributed by atoms with E-state index in [1.807, 2.05) is 24.3 Å². The Morgan fingerprint density at radius 3 is 3.23 bits per heavy atom. The molecular formula is C10H10O3. The van der Waals surface area contributed by atoms with Crippen LogP contribution in [0.3, 0.4) is 0 Å². The van der Waals surface area contributed by atoms with Gasteiger partial charge in [-0.05, 0) is 11.6 Å². The molecule has 0 fully saturated rings. The van der Waals surface area contributed by atoms with Crippen LogP contribution in [0.15, 0.2) is 24.3 Å². The van der Waals surface area contributed by atoms with Crippen molar-refractivity contribution in [1.82, 2.24) is 0 Å². The van der Waals surface area contributed by atoms with E-state index in [4.69, 9.17) is 14.9 Å². The molecule has 0 amide bonds. The first kappa shape index (κ1) is 8.29. The fourth-order valence-corrected chi connectivity index (χ4v) is 1.22. The maximum absolute atomic E-state index is 8.58. The van der Waals surface area contributed by atoms with E-state index >= 15 is 0 Å². The fraction of sp³-hybridized carbons (Fsp3) is 0.200. The SMILES string of the molecule is OC/C=C/c1ccc2c(c1)OOC2. The fourth-order valence-electron chi connectivity index (χ4n) is 1.22. The number of benzene rings is 1. The van der Waals surface area contributed by atoms with E-state index in [0.29, 0.717) is 6.61 Å². The van der Waals surface area contributed by atoms with E-state index in [1.165, 1.54) is 0 Å². The van der Waals surface area contributed by atoms with Crippen molar-refractivity contribution >= 4 is 6.08 Å². The van der Waals surface area contributed by atoms with Crippen LogP contribution in [0.1, 0.15) is 11.1 Å². The molecule has 0 saturated carbocycles. The van der Waals surface area contributed by atoms with E-state index in [9.17, 15) is 0 Å². The van der Waals surface area contributed by atoms with Crippen LogP contribution >= 0.6 is 0 Å². The van der Waals surface area contributed by atoms with Gasteiger partial charge in [-0.3, -0.25) is 0 Å². The van der Waals surface area contributed by atoms with E-state index < -0.39 is 0 Å². The first-order chi connectivity index (χ1) is 6.40. The first-order valence-corrected chi connectivity index (χ1v) is 4.10. The summed E-state index contributed by atoms with van der Waals surface area (Å²) in [5.74, 6) is 0.764. The second-order valence-electron chi connectivity index (χ2n) is 2.80. The predicted molar refractivity (Wildman–Crippen MR) is 48.0 cm³/mol. The normalized spacial score (nSPS) is 14.5. The monoisotopic (exact) mass is 178 g/mol. The van der Waals surface area contributed by atoms with Crippen LogP contribution in [0.4, 0.5) is 0 Å². The lowest BCUT2D eigenvalue weighted by molar-refractivity contribution is -0.194. The average molecular weight is 178 g/mol. The van der Waals surface area contributed by atoms with Crippen molar-refractivity contribution in [1.29, 1.82) is 0 Å². The summed E-state index contributed by atoms with van der Waals surface area (Å²) in [7, 11) is 0. The molecular weight excluding hydrogens is 168 g/mol. The van der Waals surface area contributed by atoms with Gasteiger partial charge in [-0.1, -0.05) is 24.3 Å². The molecule has 0 bridgehead atoms. The van der Waals surface area contributed by atoms with Crippen LogP contribution in [0.2, 0.25) is 0 Å². The Bertz CT molecular complexity index is 331. The highest BCUT2D eigenvalue weighted by Gasteiger charge is 2.12. The molecule has 1 aliphatic heterocycles.